The first-order valence-electron chi connectivity index (χ1n) is 24.8. The Hall–Kier alpha value is -1.06. The first-order valence-corrected chi connectivity index (χ1v) is 26.3. The molecule has 0 saturated carbocycles. The number of carbonyl (C=O) groups is 1. The zero-order valence-electron chi connectivity index (χ0n) is 38.5. The first-order chi connectivity index (χ1) is 28.8. The normalized spacial score (nSPS) is 14.1. The molecule has 0 heterocycles. The third-order valence-corrected chi connectivity index (χ3v) is 11.8. The predicted molar refractivity (Wildman–Crippen MR) is 247 cm³/mol. The summed E-state index contributed by atoms with van der Waals surface area (Å²) < 4.78 is 33.5. The minimum Gasteiger partial charge on any atom is -0.457 e. The highest BCUT2D eigenvalue weighted by atomic mass is 31.2. The number of unbranched alkanes of at least 4 members (excludes halogenated alkanes) is 30. The van der Waals surface area contributed by atoms with Crippen molar-refractivity contribution in [2.75, 3.05) is 33.0 Å². The molecule has 9 nitrogen and oxygen atoms in total. The molecule has 0 spiro atoms. The number of phosphoric ester groups is 1. The van der Waals surface area contributed by atoms with Crippen LogP contribution in [0.25, 0.3) is 0 Å². The van der Waals surface area contributed by atoms with Gasteiger partial charge >= 0.3 is 13.8 Å². The number of hydrogen-bond donors (Lipinski definition) is 3. The molecule has 10 heteroatoms. The molecule has 0 aromatic rings. The fourth-order valence-corrected chi connectivity index (χ4v) is 7.84. The van der Waals surface area contributed by atoms with Crippen molar-refractivity contribution in [1.29, 1.82) is 0 Å². The van der Waals surface area contributed by atoms with E-state index in [1.807, 2.05) is 0 Å². The minimum absolute atomic E-state index is 0.0489. The standard InChI is InChI=1S/C49H95O9P/c1-3-5-7-9-11-13-15-17-19-20-21-22-23-24-25-26-27-28-30-32-34-36-38-40-42-55-45-48(46-57-59(53,54)56-44-47(51)43-50)58-49(52)41-39-37-35-33-31-29-18-16-14-12-10-8-6-4-2/h16,18,20-21,47-48,50-51H,3-15,17,19,22-46H2,1-2H3,(H,53,54)/b18-16-,21-20-. The van der Waals surface area contributed by atoms with Gasteiger partial charge in [0.1, 0.15) is 12.2 Å². The van der Waals surface area contributed by atoms with Crippen molar-refractivity contribution < 1.29 is 43.0 Å². The second-order valence-electron chi connectivity index (χ2n) is 16.8. The maximum Gasteiger partial charge on any atom is 0.472 e. The molecule has 0 aliphatic rings. The van der Waals surface area contributed by atoms with E-state index in [2.05, 4.69) is 38.2 Å². The van der Waals surface area contributed by atoms with Crippen LogP contribution in [0.4, 0.5) is 0 Å². The molecule has 0 aromatic carbocycles. The number of allylic oxidation sites excluding steroid dienone is 4. The van der Waals surface area contributed by atoms with Gasteiger partial charge in [-0.3, -0.25) is 13.8 Å². The van der Waals surface area contributed by atoms with Crippen LogP contribution in [0.1, 0.15) is 239 Å². The van der Waals surface area contributed by atoms with E-state index in [9.17, 15) is 19.4 Å². The second-order valence-corrected chi connectivity index (χ2v) is 18.3. The number of ether oxygens (including phenoxy) is 2. The summed E-state index contributed by atoms with van der Waals surface area (Å²) in [5, 5.41) is 18.4. The molecule has 0 aliphatic carbocycles. The highest BCUT2D eigenvalue weighted by Gasteiger charge is 2.26. The Kier molecular flexibility index (Phi) is 45.6. The van der Waals surface area contributed by atoms with Gasteiger partial charge in [0.05, 0.1) is 26.4 Å². The molecule has 0 aromatic heterocycles. The summed E-state index contributed by atoms with van der Waals surface area (Å²) in [5.41, 5.74) is 0. The van der Waals surface area contributed by atoms with E-state index in [1.54, 1.807) is 0 Å². The number of aliphatic hydroxyl groups is 2. The largest absolute Gasteiger partial charge is 0.472 e. The summed E-state index contributed by atoms with van der Waals surface area (Å²) in [4.78, 5) is 22.6. The molecule has 59 heavy (non-hydrogen) atoms. The Morgan fingerprint density at radius 2 is 0.864 bits per heavy atom. The van der Waals surface area contributed by atoms with Gasteiger partial charge < -0.3 is 24.6 Å². The summed E-state index contributed by atoms with van der Waals surface area (Å²) in [6.07, 6.45) is 50.1. The lowest BCUT2D eigenvalue weighted by molar-refractivity contribution is -0.154. The number of hydrogen-bond acceptors (Lipinski definition) is 8. The van der Waals surface area contributed by atoms with Crippen LogP contribution in [0.2, 0.25) is 0 Å². The van der Waals surface area contributed by atoms with E-state index in [0.717, 1.165) is 57.8 Å². The lowest BCUT2D eigenvalue weighted by Crippen LogP contribution is -2.29. The van der Waals surface area contributed by atoms with Crippen molar-refractivity contribution in [2.24, 2.45) is 0 Å². The third-order valence-electron chi connectivity index (χ3n) is 10.9. The van der Waals surface area contributed by atoms with Gasteiger partial charge in [0.25, 0.3) is 0 Å². The summed E-state index contributed by atoms with van der Waals surface area (Å²) >= 11 is 0. The topological polar surface area (TPSA) is 132 Å². The highest BCUT2D eigenvalue weighted by molar-refractivity contribution is 7.47. The zero-order chi connectivity index (χ0) is 43.2. The number of aliphatic hydroxyl groups excluding tert-OH is 2. The van der Waals surface area contributed by atoms with Crippen LogP contribution in [-0.2, 0) is 27.9 Å². The van der Waals surface area contributed by atoms with Crippen molar-refractivity contribution in [3.8, 4) is 0 Å². The number of carbonyl (C=O) groups excluding carboxylic acids is 1. The maximum atomic E-state index is 12.6. The lowest BCUT2D eigenvalue weighted by atomic mass is 10.0. The van der Waals surface area contributed by atoms with Crippen molar-refractivity contribution in [3.63, 3.8) is 0 Å². The van der Waals surface area contributed by atoms with Crippen LogP contribution in [0.3, 0.4) is 0 Å². The zero-order valence-corrected chi connectivity index (χ0v) is 39.4. The monoisotopic (exact) mass is 859 g/mol. The Morgan fingerprint density at radius 3 is 1.27 bits per heavy atom. The third kappa shape index (κ3) is 46.3. The van der Waals surface area contributed by atoms with Crippen LogP contribution in [0.15, 0.2) is 24.3 Å². The van der Waals surface area contributed by atoms with Gasteiger partial charge in [-0.15, -0.1) is 0 Å². The SMILES string of the molecule is CCCCCCC/C=C\CCCCCCCC(=O)OC(COCCCCCCCCCCCCCC/C=C\CCCCCCCCCC)COP(=O)(O)OCC(O)CO. The molecular formula is C49H95O9P. The number of esters is 1. The average molecular weight is 859 g/mol. The molecule has 0 aliphatic heterocycles. The molecule has 3 N–H and O–H groups in total. The van der Waals surface area contributed by atoms with E-state index in [4.69, 9.17) is 23.6 Å². The van der Waals surface area contributed by atoms with E-state index in [0.29, 0.717) is 6.61 Å². The fraction of sp³-hybridized carbons (Fsp3) is 0.898. The molecule has 0 fully saturated rings. The van der Waals surface area contributed by atoms with Gasteiger partial charge in [-0.2, -0.15) is 0 Å². The van der Waals surface area contributed by atoms with Gasteiger partial charge in [-0.25, -0.2) is 4.57 Å². The molecule has 3 unspecified atom stereocenters. The Morgan fingerprint density at radius 1 is 0.508 bits per heavy atom. The molecule has 0 radical (unpaired) electrons. The van der Waals surface area contributed by atoms with E-state index < -0.39 is 33.2 Å². The molecule has 3 atom stereocenters. The van der Waals surface area contributed by atoms with E-state index in [1.165, 1.54) is 161 Å². The van der Waals surface area contributed by atoms with Crippen molar-refractivity contribution in [3.05, 3.63) is 24.3 Å². The highest BCUT2D eigenvalue weighted by Crippen LogP contribution is 2.43. The van der Waals surface area contributed by atoms with Gasteiger partial charge in [0, 0.05) is 13.0 Å². The van der Waals surface area contributed by atoms with E-state index in [-0.39, 0.29) is 25.6 Å². The van der Waals surface area contributed by atoms with Gasteiger partial charge in [-0.1, -0.05) is 192 Å². The Bertz CT molecular complexity index is 975. The maximum absolute atomic E-state index is 12.6. The second kappa shape index (κ2) is 46.4. The van der Waals surface area contributed by atoms with Crippen LogP contribution >= 0.6 is 7.82 Å². The number of rotatable bonds is 48. The summed E-state index contributed by atoms with van der Waals surface area (Å²) in [6, 6.07) is 0. The lowest BCUT2D eigenvalue weighted by Gasteiger charge is -2.20. The predicted octanol–water partition coefficient (Wildman–Crippen LogP) is 14.2. The quantitative estimate of drug-likeness (QED) is 0.0237. The van der Waals surface area contributed by atoms with Gasteiger partial charge in [-0.05, 0) is 64.2 Å². The van der Waals surface area contributed by atoms with E-state index >= 15 is 0 Å². The minimum atomic E-state index is -4.52. The molecule has 0 saturated heterocycles. The fourth-order valence-electron chi connectivity index (χ4n) is 7.05. The Balaban J connectivity index is 4.02. The van der Waals surface area contributed by atoms with Crippen molar-refractivity contribution in [2.45, 2.75) is 251 Å². The molecular weight excluding hydrogens is 764 g/mol. The smallest absolute Gasteiger partial charge is 0.457 e. The van der Waals surface area contributed by atoms with Gasteiger partial charge in [0.2, 0.25) is 0 Å². The Labute approximate surface area is 363 Å². The van der Waals surface area contributed by atoms with Crippen LogP contribution in [0, 0.1) is 0 Å². The molecule has 0 amide bonds. The average Bonchev–Trinajstić information content (AvgIpc) is 3.23. The number of phosphoric acid groups is 1. The van der Waals surface area contributed by atoms with Crippen LogP contribution in [-0.4, -0.2) is 66.3 Å². The van der Waals surface area contributed by atoms with Crippen LogP contribution in [0.5, 0.6) is 0 Å². The van der Waals surface area contributed by atoms with Crippen molar-refractivity contribution >= 4 is 13.8 Å². The first kappa shape index (κ1) is 57.9. The summed E-state index contributed by atoms with van der Waals surface area (Å²) in [7, 11) is -4.52. The molecule has 350 valence electrons. The van der Waals surface area contributed by atoms with Gasteiger partial charge in [0.15, 0.2) is 0 Å². The van der Waals surface area contributed by atoms with Crippen molar-refractivity contribution in [1.82, 2.24) is 0 Å². The van der Waals surface area contributed by atoms with Crippen LogP contribution < -0.4 is 0 Å². The molecule has 0 rings (SSSR count). The summed E-state index contributed by atoms with van der Waals surface area (Å²) in [5.74, 6) is -0.388. The summed E-state index contributed by atoms with van der Waals surface area (Å²) in [6.45, 7) is 3.54. The molecule has 0 bridgehead atoms.